The number of likely N-dealkylation sites (tertiary alicyclic amines) is 1. The lowest BCUT2D eigenvalue weighted by atomic mass is 9.90. The van der Waals surface area contributed by atoms with Gasteiger partial charge in [0.25, 0.3) is 0 Å². The van der Waals surface area contributed by atoms with Gasteiger partial charge in [-0.05, 0) is 55.2 Å². The molecule has 1 heterocycles. The second-order valence-corrected chi connectivity index (χ2v) is 7.27. The molecule has 0 spiro atoms. The average Bonchev–Trinajstić information content (AvgIpc) is 2.61. The largest absolute Gasteiger partial charge is 0.405 e. The van der Waals surface area contributed by atoms with Crippen molar-refractivity contribution < 1.29 is 4.79 Å². The lowest BCUT2D eigenvalue weighted by Gasteiger charge is -2.32. The molecule has 1 saturated heterocycles. The maximum atomic E-state index is 12.4. The standard InChI is InChI=1S/C20H25Cl2N3O/c1-15(4-2-3-9-23)12-16-7-10-25(11-8-16)20(26)24-14-17-5-6-18(21)13-19(17)22/h2-6,9,13,16H,1,7-8,10-12,14,23H2,(H,24,26)/b4-2-,9-3-. The van der Waals surface area contributed by atoms with E-state index in [2.05, 4.69) is 11.9 Å². The predicted molar refractivity (Wildman–Crippen MR) is 109 cm³/mol. The van der Waals surface area contributed by atoms with Gasteiger partial charge in [-0.1, -0.05) is 53.6 Å². The lowest BCUT2D eigenvalue weighted by Crippen LogP contribution is -2.44. The van der Waals surface area contributed by atoms with Crippen molar-refractivity contribution in [1.29, 1.82) is 0 Å². The third kappa shape index (κ3) is 6.43. The van der Waals surface area contributed by atoms with Crippen LogP contribution in [0.4, 0.5) is 4.79 Å². The predicted octanol–water partition coefficient (Wildman–Crippen LogP) is 4.89. The minimum Gasteiger partial charge on any atom is -0.405 e. The smallest absolute Gasteiger partial charge is 0.317 e. The van der Waals surface area contributed by atoms with Gasteiger partial charge in [0, 0.05) is 29.7 Å². The highest BCUT2D eigenvalue weighted by atomic mass is 35.5. The summed E-state index contributed by atoms with van der Waals surface area (Å²) < 4.78 is 0. The molecule has 0 radical (unpaired) electrons. The Morgan fingerprint density at radius 2 is 2.04 bits per heavy atom. The summed E-state index contributed by atoms with van der Waals surface area (Å²) >= 11 is 12.0. The Kier molecular flexibility index (Phi) is 8.07. The van der Waals surface area contributed by atoms with Gasteiger partial charge in [-0.3, -0.25) is 0 Å². The van der Waals surface area contributed by atoms with Crippen molar-refractivity contribution in [3.8, 4) is 0 Å². The molecule has 140 valence electrons. The second-order valence-electron chi connectivity index (χ2n) is 6.43. The van der Waals surface area contributed by atoms with E-state index < -0.39 is 0 Å². The first-order valence-corrected chi connectivity index (χ1v) is 9.44. The molecule has 2 amide bonds. The average molecular weight is 394 g/mol. The van der Waals surface area contributed by atoms with Gasteiger partial charge >= 0.3 is 6.03 Å². The molecule has 1 fully saturated rings. The first-order chi connectivity index (χ1) is 12.5. The summed E-state index contributed by atoms with van der Waals surface area (Å²) in [5, 5.41) is 4.08. The zero-order valence-corrected chi connectivity index (χ0v) is 16.3. The molecule has 0 bridgehead atoms. The van der Waals surface area contributed by atoms with E-state index in [1.807, 2.05) is 23.1 Å². The molecule has 1 aliphatic rings. The maximum Gasteiger partial charge on any atom is 0.317 e. The van der Waals surface area contributed by atoms with Crippen molar-refractivity contribution in [1.82, 2.24) is 10.2 Å². The van der Waals surface area contributed by atoms with E-state index in [9.17, 15) is 4.79 Å². The van der Waals surface area contributed by atoms with Crippen LogP contribution in [0.2, 0.25) is 10.0 Å². The summed E-state index contributed by atoms with van der Waals surface area (Å²) in [6.45, 7) is 5.98. The summed E-state index contributed by atoms with van der Waals surface area (Å²) in [4.78, 5) is 14.2. The van der Waals surface area contributed by atoms with E-state index in [0.29, 0.717) is 22.5 Å². The van der Waals surface area contributed by atoms with Crippen LogP contribution in [0.3, 0.4) is 0 Å². The summed E-state index contributed by atoms with van der Waals surface area (Å²) in [6.07, 6.45) is 10.1. The summed E-state index contributed by atoms with van der Waals surface area (Å²) in [5.41, 5.74) is 7.24. The Labute approximate surface area is 165 Å². The van der Waals surface area contributed by atoms with Gasteiger partial charge in [-0.15, -0.1) is 0 Å². The van der Waals surface area contributed by atoms with Crippen molar-refractivity contribution >= 4 is 29.2 Å². The van der Waals surface area contributed by atoms with Crippen molar-refractivity contribution in [2.45, 2.75) is 25.8 Å². The number of hydrogen-bond donors (Lipinski definition) is 2. The van der Waals surface area contributed by atoms with Gasteiger partial charge in [0.15, 0.2) is 0 Å². The molecule has 0 unspecified atom stereocenters. The number of allylic oxidation sites excluding steroid dienone is 4. The zero-order chi connectivity index (χ0) is 18.9. The highest BCUT2D eigenvalue weighted by Gasteiger charge is 2.22. The first-order valence-electron chi connectivity index (χ1n) is 8.69. The molecule has 3 N–H and O–H groups in total. The van der Waals surface area contributed by atoms with Gasteiger partial charge in [0.1, 0.15) is 0 Å². The number of amides is 2. The Morgan fingerprint density at radius 3 is 2.69 bits per heavy atom. The van der Waals surface area contributed by atoms with Gasteiger partial charge in [-0.2, -0.15) is 0 Å². The maximum absolute atomic E-state index is 12.4. The number of nitrogens with zero attached hydrogens (tertiary/aromatic N) is 1. The van der Waals surface area contributed by atoms with Crippen LogP contribution in [-0.2, 0) is 6.54 Å². The molecule has 0 saturated carbocycles. The van der Waals surface area contributed by atoms with Gasteiger partial charge in [0.05, 0.1) is 0 Å². The second kappa shape index (κ2) is 10.3. The molecule has 1 aromatic rings. The van der Waals surface area contributed by atoms with E-state index in [0.717, 1.165) is 43.5 Å². The van der Waals surface area contributed by atoms with Crippen molar-refractivity contribution in [3.63, 3.8) is 0 Å². The fourth-order valence-corrected chi connectivity index (χ4v) is 3.46. The number of nitrogens with one attached hydrogen (secondary N) is 1. The topological polar surface area (TPSA) is 58.4 Å². The van der Waals surface area contributed by atoms with Crippen molar-refractivity contribution in [2.24, 2.45) is 11.7 Å². The van der Waals surface area contributed by atoms with Crippen LogP contribution < -0.4 is 11.1 Å². The number of carbonyl (C=O) groups is 1. The van der Waals surface area contributed by atoms with Crippen LogP contribution in [0.25, 0.3) is 0 Å². The monoisotopic (exact) mass is 393 g/mol. The third-order valence-corrected chi connectivity index (χ3v) is 5.04. The molecule has 0 aromatic heterocycles. The molecular formula is C20H25Cl2N3O. The van der Waals surface area contributed by atoms with E-state index in [1.54, 1.807) is 18.2 Å². The molecular weight excluding hydrogens is 369 g/mol. The normalized spacial score (nSPS) is 15.7. The first kappa shape index (κ1) is 20.4. The SMILES string of the molecule is C=C(/C=C\C=C/N)CC1CCN(C(=O)NCc2ccc(Cl)cc2Cl)CC1. The Hall–Kier alpha value is -1.91. The number of hydrogen-bond acceptors (Lipinski definition) is 2. The molecule has 6 heteroatoms. The fourth-order valence-electron chi connectivity index (χ4n) is 2.98. The van der Waals surface area contributed by atoms with Crippen molar-refractivity contribution in [3.05, 3.63) is 70.4 Å². The van der Waals surface area contributed by atoms with E-state index in [-0.39, 0.29) is 6.03 Å². The van der Waals surface area contributed by atoms with Crippen LogP contribution in [0, 0.1) is 5.92 Å². The number of benzene rings is 1. The molecule has 4 nitrogen and oxygen atoms in total. The summed E-state index contributed by atoms with van der Waals surface area (Å²) in [5.74, 6) is 0.559. The number of nitrogens with two attached hydrogens (primary N) is 1. The Balaban J connectivity index is 1.75. The van der Waals surface area contributed by atoms with Crippen LogP contribution in [-0.4, -0.2) is 24.0 Å². The number of rotatable bonds is 6. The summed E-state index contributed by atoms with van der Waals surface area (Å²) in [7, 11) is 0. The van der Waals surface area contributed by atoms with Gasteiger partial charge in [-0.25, -0.2) is 4.79 Å². The number of halogens is 2. The van der Waals surface area contributed by atoms with Crippen LogP contribution >= 0.6 is 23.2 Å². The quantitative estimate of drug-likeness (QED) is 0.675. The molecule has 1 aromatic carbocycles. The summed E-state index contributed by atoms with van der Waals surface area (Å²) in [6, 6.07) is 5.23. The lowest BCUT2D eigenvalue weighted by molar-refractivity contribution is 0.170. The minimum atomic E-state index is -0.0544. The fraction of sp³-hybridized carbons (Fsp3) is 0.350. The van der Waals surface area contributed by atoms with E-state index >= 15 is 0 Å². The Morgan fingerprint density at radius 1 is 1.31 bits per heavy atom. The van der Waals surface area contributed by atoms with E-state index in [1.165, 1.54) is 6.20 Å². The molecule has 2 rings (SSSR count). The zero-order valence-electron chi connectivity index (χ0n) is 14.8. The van der Waals surface area contributed by atoms with Crippen LogP contribution in [0.5, 0.6) is 0 Å². The van der Waals surface area contributed by atoms with Crippen molar-refractivity contribution in [2.75, 3.05) is 13.1 Å². The van der Waals surface area contributed by atoms with E-state index in [4.69, 9.17) is 28.9 Å². The highest BCUT2D eigenvalue weighted by Crippen LogP contribution is 2.24. The highest BCUT2D eigenvalue weighted by molar-refractivity contribution is 6.35. The van der Waals surface area contributed by atoms with Gasteiger partial charge in [0.2, 0.25) is 0 Å². The third-order valence-electron chi connectivity index (χ3n) is 4.45. The number of urea groups is 1. The number of carbonyl (C=O) groups excluding carboxylic acids is 1. The van der Waals surface area contributed by atoms with Crippen LogP contribution in [0.1, 0.15) is 24.8 Å². The van der Waals surface area contributed by atoms with Gasteiger partial charge < -0.3 is 16.0 Å². The molecule has 26 heavy (non-hydrogen) atoms. The number of piperidine rings is 1. The molecule has 0 atom stereocenters. The minimum absolute atomic E-state index is 0.0544. The Bertz CT molecular complexity index is 692. The van der Waals surface area contributed by atoms with Crippen LogP contribution in [0.15, 0.2) is 54.8 Å². The molecule has 1 aliphatic heterocycles. The molecule has 0 aliphatic carbocycles.